The van der Waals surface area contributed by atoms with Crippen LogP contribution in [-0.2, 0) is 9.53 Å². The third-order valence-electron chi connectivity index (χ3n) is 2.69. The van der Waals surface area contributed by atoms with Gasteiger partial charge in [0.05, 0.1) is 19.8 Å². The lowest BCUT2D eigenvalue weighted by Gasteiger charge is -2.09. The van der Waals surface area contributed by atoms with Crippen molar-refractivity contribution in [3.05, 3.63) is 35.9 Å². The predicted octanol–water partition coefficient (Wildman–Crippen LogP) is 1.22. The Bertz CT molecular complexity index is 445. The molecule has 5 nitrogen and oxygen atoms in total. The molecule has 0 fully saturated rings. The van der Waals surface area contributed by atoms with Crippen LogP contribution in [0, 0.1) is 0 Å². The summed E-state index contributed by atoms with van der Waals surface area (Å²) in [6.45, 7) is 0.673. The number of carbonyl (C=O) groups excluding carboxylic acids is 1. The number of nitrogens with one attached hydrogen (secondary N) is 1. The Hall–Kier alpha value is -1.85. The summed E-state index contributed by atoms with van der Waals surface area (Å²) in [6.07, 6.45) is 3.04. The second-order valence-corrected chi connectivity index (χ2v) is 4.26. The Kier molecular flexibility index (Phi) is 7.39. The molecule has 0 saturated heterocycles. The second kappa shape index (κ2) is 9.12. The molecular weight excluding hydrogens is 258 g/mol. The lowest BCUT2D eigenvalue weighted by Crippen LogP contribution is -2.27. The summed E-state index contributed by atoms with van der Waals surface area (Å²) in [6, 6.07) is 7.44. The number of para-hydroxylation sites is 1. The van der Waals surface area contributed by atoms with Gasteiger partial charge in [0.25, 0.3) is 0 Å². The van der Waals surface area contributed by atoms with Crippen LogP contribution in [0.1, 0.15) is 12.0 Å². The first kappa shape index (κ1) is 16.2. The fourth-order valence-electron chi connectivity index (χ4n) is 1.67. The van der Waals surface area contributed by atoms with Crippen LogP contribution in [0.5, 0.6) is 5.75 Å². The number of ether oxygens (including phenoxy) is 2. The molecule has 0 saturated carbocycles. The predicted molar refractivity (Wildman–Crippen MR) is 77.5 cm³/mol. The lowest BCUT2D eigenvalue weighted by molar-refractivity contribution is -0.116. The van der Waals surface area contributed by atoms with Gasteiger partial charge in [-0.2, -0.15) is 0 Å². The largest absolute Gasteiger partial charge is 0.496 e. The maximum atomic E-state index is 11.6. The van der Waals surface area contributed by atoms with E-state index in [4.69, 9.17) is 9.47 Å². The number of aliphatic hydroxyl groups is 1. The molecule has 0 radical (unpaired) electrons. The van der Waals surface area contributed by atoms with Crippen molar-refractivity contribution in [2.45, 2.75) is 12.5 Å². The number of hydrogen-bond acceptors (Lipinski definition) is 4. The van der Waals surface area contributed by atoms with Crippen molar-refractivity contribution in [1.82, 2.24) is 5.32 Å². The molecule has 1 rings (SSSR count). The van der Waals surface area contributed by atoms with E-state index in [1.54, 1.807) is 13.2 Å². The van der Waals surface area contributed by atoms with Crippen LogP contribution < -0.4 is 10.1 Å². The fraction of sp³-hybridized carbons (Fsp3) is 0.400. The van der Waals surface area contributed by atoms with Crippen molar-refractivity contribution in [3.8, 4) is 5.75 Å². The number of hydrogen-bond donors (Lipinski definition) is 2. The highest BCUT2D eigenvalue weighted by molar-refractivity contribution is 5.92. The first-order chi connectivity index (χ1) is 9.67. The zero-order chi connectivity index (χ0) is 14.8. The molecule has 0 aliphatic rings. The van der Waals surface area contributed by atoms with Crippen LogP contribution in [0.3, 0.4) is 0 Å². The molecule has 0 aliphatic heterocycles. The molecule has 0 spiro atoms. The lowest BCUT2D eigenvalue weighted by atomic mass is 10.2. The molecule has 0 bridgehead atoms. The molecular formula is C15H21NO4. The highest BCUT2D eigenvalue weighted by atomic mass is 16.5. The van der Waals surface area contributed by atoms with Crippen LogP contribution in [0.25, 0.3) is 6.08 Å². The Morgan fingerprint density at radius 2 is 2.15 bits per heavy atom. The van der Waals surface area contributed by atoms with E-state index in [9.17, 15) is 9.90 Å². The molecule has 0 heterocycles. The molecule has 1 atom stereocenters. The summed E-state index contributed by atoms with van der Waals surface area (Å²) < 4.78 is 9.99. The molecule has 2 N–H and O–H groups in total. The van der Waals surface area contributed by atoms with Crippen molar-refractivity contribution in [3.63, 3.8) is 0 Å². The molecule has 110 valence electrons. The first-order valence-electron chi connectivity index (χ1n) is 6.43. The summed E-state index contributed by atoms with van der Waals surface area (Å²) in [5, 5.41) is 12.1. The van der Waals surface area contributed by atoms with Crippen LogP contribution in [0.15, 0.2) is 30.3 Å². The SMILES string of the molecule is COCC(O)CCNC(=O)/C=C/c1ccccc1OC. The third-order valence-corrected chi connectivity index (χ3v) is 2.69. The van der Waals surface area contributed by atoms with E-state index in [0.717, 1.165) is 5.56 Å². The van der Waals surface area contributed by atoms with E-state index in [1.807, 2.05) is 24.3 Å². The van der Waals surface area contributed by atoms with E-state index in [-0.39, 0.29) is 12.5 Å². The Morgan fingerprint density at radius 3 is 2.85 bits per heavy atom. The summed E-state index contributed by atoms with van der Waals surface area (Å²) in [5.41, 5.74) is 0.838. The fourth-order valence-corrected chi connectivity index (χ4v) is 1.67. The number of amides is 1. The van der Waals surface area contributed by atoms with E-state index in [1.165, 1.54) is 13.2 Å². The van der Waals surface area contributed by atoms with Gasteiger partial charge in [0.1, 0.15) is 5.75 Å². The highest BCUT2D eigenvalue weighted by Gasteiger charge is 2.04. The van der Waals surface area contributed by atoms with Crippen LogP contribution in [0.4, 0.5) is 0 Å². The van der Waals surface area contributed by atoms with Gasteiger partial charge in [0.15, 0.2) is 0 Å². The van der Waals surface area contributed by atoms with Crippen LogP contribution in [-0.4, -0.2) is 44.5 Å². The minimum absolute atomic E-state index is 0.208. The molecule has 0 aromatic heterocycles. The van der Waals surface area contributed by atoms with Gasteiger partial charge in [0.2, 0.25) is 5.91 Å². The maximum absolute atomic E-state index is 11.6. The number of methoxy groups -OCH3 is 2. The minimum atomic E-state index is -0.557. The highest BCUT2D eigenvalue weighted by Crippen LogP contribution is 2.18. The maximum Gasteiger partial charge on any atom is 0.244 e. The van der Waals surface area contributed by atoms with Gasteiger partial charge < -0.3 is 19.9 Å². The van der Waals surface area contributed by atoms with Gasteiger partial charge in [-0.25, -0.2) is 0 Å². The standard InChI is InChI=1S/C15H21NO4/c1-19-11-13(17)9-10-16-15(18)8-7-12-5-3-4-6-14(12)20-2/h3-8,13,17H,9-11H2,1-2H3,(H,16,18)/b8-7+. The summed E-state index contributed by atoms with van der Waals surface area (Å²) in [5.74, 6) is 0.507. The van der Waals surface area contributed by atoms with Crippen molar-refractivity contribution in [1.29, 1.82) is 0 Å². The van der Waals surface area contributed by atoms with E-state index in [2.05, 4.69) is 5.32 Å². The van der Waals surface area contributed by atoms with Gasteiger partial charge in [-0.1, -0.05) is 18.2 Å². The van der Waals surface area contributed by atoms with Crippen molar-refractivity contribution < 1.29 is 19.4 Å². The quantitative estimate of drug-likeness (QED) is 0.702. The zero-order valence-electron chi connectivity index (χ0n) is 11.8. The monoisotopic (exact) mass is 279 g/mol. The molecule has 1 aromatic carbocycles. The number of benzene rings is 1. The Labute approximate surface area is 119 Å². The smallest absolute Gasteiger partial charge is 0.244 e. The van der Waals surface area contributed by atoms with Gasteiger partial charge in [-0.15, -0.1) is 0 Å². The summed E-state index contributed by atoms with van der Waals surface area (Å²) >= 11 is 0. The van der Waals surface area contributed by atoms with Crippen molar-refractivity contribution in [2.24, 2.45) is 0 Å². The molecule has 20 heavy (non-hydrogen) atoms. The molecule has 5 heteroatoms. The summed E-state index contributed by atoms with van der Waals surface area (Å²) in [4.78, 5) is 11.6. The van der Waals surface area contributed by atoms with Crippen molar-refractivity contribution in [2.75, 3.05) is 27.4 Å². The number of rotatable bonds is 8. The van der Waals surface area contributed by atoms with Gasteiger partial charge >= 0.3 is 0 Å². The van der Waals surface area contributed by atoms with E-state index >= 15 is 0 Å². The number of aliphatic hydroxyl groups excluding tert-OH is 1. The average Bonchev–Trinajstić information content (AvgIpc) is 2.45. The van der Waals surface area contributed by atoms with Gasteiger partial charge in [-0.05, 0) is 18.6 Å². The van der Waals surface area contributed by atoms with Crippen LogP contribution in [0.2, 0.25) is 0 Å². The van der Waals surface area contributed by atoms with Gasteiger partial charge in [0, 0.05) is 25.3 Å². The van der Waals surface area contributed by atoms with Crippen LogP contribution >= 0.6 is 0 Å². The van der Waals surface area contributed by atoms with E-state index in [0.29, 0.717) is 18.7 Å². The van der Waals surface area contributed by atoms with Crippen molar-refractivity contribution >= 4 is 12.0 Å². The Balaban J connectivity index is 2.40. The Morgan fingerprint density at radius 1 is 1.40 bits per heavy atom. The van der Waals surface area contributed by atoms with E-state index < -0.39 is 6.10 Å². The number of carbonyl (C=O) groups is 1. The molecule has 1 aromatic rings. The summed E-state index contributed by atoms with van der Waals surface area (Å²) in [7, 11) is 3.11. The third kappa shape index (κ3) is 5.86. The normalized spacial score (nSPS) is 12.3. The second-order valence-electron chi connectivity index (χ2n) is 4.26. The van der Waals surface area contributed by atoms with Gasteiger partial charge in [-0.3, -0.25) is 4.79 Å². The average molecular weight is 279 g/mol. The first-order valence-corrected chi connectivity index (χ1v) is 6.43. The molecule has 1 unspecified atom stereocenters. The molecule has 1 amide bonds. The molecule has 0 aliphatic carbocycles. The topological polar surface area (TPSA) is 67.8 Å². The minimum Gasteiger partial charge on any atom is -0.496 e. The zero-order valence-corrected chi connectivity index (χ0v) is 11.8.